The minimum Gasteiger partial charge on any atom is -0.484 e. The van der Waals surface area contributed by atoms with Crippen molar-refractivity contribution in [3.05, 3.63) is 70.6 Å². The van der Waals surface area contributed by atoms with Crippen LogP contribution in [0.25, 0.3) is 11.0 Å². The molecule has 7 nitrogen and oxygen atoms in total. The van der Waals surface area contributed by atoms with Crippen LogP contribution in [-0.4, -0.2) is 27.2 Å². The SMILES string of the molecule is CC(NC(=O)COc1ccc2ccc(=O)oc2c1)c1ccc(S(C)(=O)=O)cc1. The predicted octanol–water partition coefficient (Wildman–Crippen LogP) is 2.45. The second kappa shape index (κ2) is 7.85. The summed E-state index contributed by atoms with van der Waals surface area (Å²) in [6, 6.07) is 14.0. The molecule has 0 spiro atoms. The zero-order valence-corrected chi connectivity index (χ0v) is 16.2. The highest BCUT2D eigenvalue weighted by atomic mass is 32.2. The summed E-state index contributed by atoms with van der Waals surface area (Å²) in [6.45, 7) is 1.58. The van der Waals surface area contributed by atoms with Gasteiger partial charge in [0.2, 0.25) is 0 Å². The van der Waals surface area contributed by atoms with Gasteiger partial charge in [-0.3, -0.25) is 4.79 Å². The lowest BCUT2D eigenvalue weighted by Crippen LogP contribution is -2.31. The lowest BCUT2D eigenvalue weighted by Gasteiger charge is -2.15. The molecule has 1 unspecified atom stereocenters. The number of hydrogen-bond donors (Lipinski definition) is 1. The summed E-state index contributed by atoms with van der Waals surface area (Å²) in [6.07, 6.45) is 1.14. The summed E-state index contributed by atoms with van der Waals surface area (Å²) in [5.41, 5.74) is 0.691. The van der Waals surface area contributed by atoms with Gasteiger partial charge in [-0.1, -0.05) is 12.1 Å². The van der Waals surface area contributed by atoms with E-state index >= 15 is 0 Å². The van der Waals surface area contributed by atoms with E-state index < -0.39 is 15.5 Å². The molecule has 0 radical (unpaired) electrons. The Balaban J connectivity index is 1.60. The van der Waals surface area contributed by atoms with Gasteiger partial charge in [0.25, 0.3) is 5.91 Å². The average Bonchev–Trinajstić information content (AvgIpc) is 2.65. The minimum absolute atomic E-state index is 0.214. The molecule has 1 heterocycles. The molecular formula is C20H19NO6S. The van der Waals surface area contributed by atoms with Gasteiger partial charge >= 0.3 is 5.63 Å². The molecule has 1 N–H and O–H groups in total. The molecule has 0 saturated carbocycles. The van der Waals surface area contributed by atoms with Crippen molar-refractivity contribution in [2.75, 3.05) is 12.9 Å². The monoisotopic (exact) mass is 401 g/mol. The normalized spacial score (nSPS) is 12.5. The Morgan fingerprint density at radius 1 is 1.11 bits per heavy atom. The lowest BCUT2D eigenvalue weighted by atomic mass is 10.1. The third-order valence-corrected chi connectivity index (χ3v) is 5.28. The number of carbonyl (C=O) groups is 1. The van der Waals surface area contributed by atoms with E-state index in [1.54, 1.807) is 43.3 Å². The van der Waals surface area contributed by atoms with E-state index in [9.17, 15) is 18.0 Å². The van der Waals surface area contributed by atoms with Gasteiger partial charge in [-0.2, -0.15) is 0 Å². The molecule has 1 atom stereocenters. The van der Waals surface area contributed by atoms with Crippen LogP contribution in [0, 0.1) is 0 Å². The number of ether oxygens (including phenoxy) is 1. The summed E-state index contributed by atoms with van der Waals surface area (Å²) in [5.74, 6) is 0.0662. The molecule has 0 fully saturated rings. The van der Waals surface area contributed by atoms with Crippen LogP contribution in [0.5, 0.6) is 5.75 Å². The van der Waals surface area contributed by atoms with Crippen LogP contribution in [0.4, 0.5) is 0 Å². The average molecular weight is 401 g/mol. The maximum absolute atomic E-state index is 12.1. The van der Waals surface area contributed by atoms with Crippen LogP contribution in [0.15, 0.2) is 68.7 Å². The molecule has 28 heavy (non-hydrogen) atoms. The molecule has 2 aromatic carbocycles. The topological polar surface area (TPSA) is 103 Å². The standard InChI is InChI=1S/C20H19NO6S/c1-13(14-4-8-17(9-5-14)28(2,24)25)21-19(22)12-26-16-7-3-15-6-10-20(23)27-18(15)11-16/h3-11,13H,12H2,1-2H3,(H,21,22). The molecule has 0 aliphatic rings. The first kappa shape index (κ1) is 19.6. The van der Waals surface area contributed by atoms with Crippen molar-refractivity contribution in [2.24, 2.45) is 0 Å². The molecule has 146 valence electrons. The molecule has 1 aromatic heterocycles. The zero-order chi connectivity index (χ0) is 20.3. The van der Waals surface area contributed by atoms with E-state index in [0.29, 0.717) is 11.3 Å². The van der Waals surface area contributed by atoms with Crippen molar-refractivity contribution in [2.45, 2.75) is 17.9 Å². The molecule has 0 aliphatic heterocycles. The van der Waals surface area contributed by atoms with E-state index in [1.807, 2.05) is 0 Å². The number of hydrogen-bond acceptors (Lipinski definition) is 6. The summed E-state index contributed by atoms with van der Waals surface area (Å²) in [5, 5.41) is 3.54. The van der Waals surface area contributed by atoms with Gasteiger partial charge in [0, 0.05) is 23.8 Å². The smallest absolute Gasteiger partial charge is 0.336 e. The second-order valence-corrected chi connectivity index (χ2v) is 8.39. The van der Waals surface area contributed by atoms with Crippen LogP contribution >= 0.6 is 0 Å². The first-order valence-corrected chi connectivity index (χ1v) is 10.4. The predicted molar refractivity (Wildman–Crippen MR) is 104 cm³/mol. The Bertz CT molecular complexity index is 1170. The maximum atomic E-state index is 12.1. The minimum atomic E-state index is -3.26. The summed E-state index contributed by atoms with van der Waals surface area (Å²) < 4.78 is 33.6. The van der Waals surface area contributed by atoms with Gasteiger partial charge in [0.1, 0.15) is 11.3 Å². The highest BCUT2D eigenvalue weighted by Gasteiger charge is 2.12. The number of nitrogens with one attached hydrogen (secondary N) is 1. The molecule has 0 bridgehead atoms. The second-order valence-electron chi connectivity index (χ2n) is 6.37. The van der Waals surface area contributed by atoms with Crippen molar-refractivity contribution >= 4 is 26.7 Å². The van der Waals surface area contributed by atoms with Gasteiger partial charge in [-0.25, -0.2) is 13.2 Å². The van der Waals surface area contributed by atoms with Crippen LogP contribution in [-0.2, 0) is 14.6 Å². The zero-order valence-electron chi connectivity index (χ0n) is 15.3. The van der Waals surface area contributed by atoms with Gasteiger partial charge in [-0.05, 0) is 42.8 Å². The number of carbonyl (C=O) groups excluding carboxylic acids is 1. The largest absolute Gasteiger partial charge is 0.484 e. The summed E-state index contributed by atoms with van der Waals surface area (Å²) >= 11 is 0. The Kier molecular flexibility index (Phi) is 5.51. The van der Waals surface area contributed by atoms with Crippen LogP contribution in [0.3, 0.4) is 0 Å². The van der Waals surface area contributed by atoms with Gasteiger partial charge in [0.15, 0.2) is 16.4 Å². The molecule has 1 amide bonds. The van der Waals surface area contributed by atoms with E-state index in [2.05, 4.69) is 5.32 Å². The number of benzene rings is 2. The lowest BCUT2D eigenvalue weighted by molar-refractivity contribution is -0.123. The van der Waals surface area contributed by atoms with Crippen molar-refractivity contribution < 1.29 is 22.4 Å². The maximum Gasteiger partial charge on any atom is 0.336 e. The highest BCUT2D eigenvalue weighted by Crippen LogP contribution is 2.20. The van der Waals surface area contributed by atoms with E-state index in [1.165, 1.54) is 18.2 Å². The molecule has 0 saturated heterocycles. The third kappa shape index (κ3) is 4.77. The molecule has 3 aromatic rings. The Hall–Kier alpha value is -3.13. The number of amides is 1. The molecule has 0 aliphatic carbocycles. The van der Waals surface area contributed by atoms with E-state index in [-0.39, 0.29) is 23.5 Å². The quantitative estimate of drug-likeness (QED) is 0.637. The number of rotatable bonds is 6. The Morgan fingerprint density at radius 3 is 2.46 bits per heavy atom. The summed E-state index contributed by atoms with van der Waals surface area (Å²) in [4.78, 5) is 23.6. The van der Waals surface area contributed by atoms with Gasteiger partial charge in [0.05, 0.1) is 10.9 Å². The number of fused-ring (bicyclic) bond motifs is 1. The van der Waals surface area contributed by atoms with Crippen molar-refractivity contribution in [3.63, 3.8) is 0 Å². The number of sulfone groups is 1. The first-order valence-electron chi connectivity index (χ1n) is 8.48. The highest BCUT2D eigenvalue weighted by molar-refractivity contribution is 7.90. The first-order chi connectivity index (χ1) is 13.2. The van der Waals surface area contributed by atoms with Crippen LogP contribution in [0.2, 0.25) is 0 Å². The fourth-order valence-corrected chi connectivity index (χ4v) is 3.28. The van der Waals surface area contributed by atoms with Crippen molar-refractivity contribution in [3.8, 4) is 5.75 Å². The van der Waals surface area contributed by atoms with E-state index in [0.717, 1.165) is 17.2 Å². The summed E-state index contributed by atoms with van der Waals surface area (Å²) in [7, 11) is -3.26. The van der Waals surface area contributed by atoms with Gasteiger partial charge in [-0.15, -0.1) is 0 Å². The fourth-order valence-electron chi connectivity index (χ4n) is 2.65. The van der Waals surface area contributed by atoms with Gasteiger partial charge < -0.3 is 14.5 Å². The van der Waals surface area contributed by atoms with Crippen LogP contribution < -0.4 is 15.7 Å². The third-order valence-electron chi connectivity index (χ3n) is 4.15. The van der Waals surface area contributed by atoms with Crippen molar-refractivity contribution in [1.82, 2.24) is 5.32 Å². The van der Waals surface area contributed by atoms with Crippen LogP contribution in [0.1, 0.15) is 18.5 Å². The molecule has 8 heteroatoms. The van der Waals surface area contributed by atoms with E-state index in [4.69, 9.17) is 9.15 Å². The Labute approximate surface area is 161 Å². The van der Waals surface area contributed by atoms with Crippen molar-refractivity contribution in [1.29, 1.82) is 0 Å². The molecule has 3 rings (SSSR count). The fraction of sp³-hybridized carbons (Fsp3) is 0.200. The Morgan fingerprint density at radius 2 is 1.79 bits per heavy atom. The molecular weight excluding hydrogens is 382 g/mol.